The molecule has 2 aromatic heterocycles. The first-order valence-corrected chi connectivity index (χ1v) is 11.6. The van der Waals surface area contributed by atoms with E-state index in [0.717, 1.165) is 10.1 Å². The van der Waals surface area contributed by atoms with E-state index < -0.39 is 15.9 Å². The van der Waals surface area contributed by atoms with E-state index in [1.165, 1.54) is 41.7 Å². The second kappa shape index (κ2) is 8.22. The third kappa shape index (κ3) is 4.36. The number of ether oxygens (including phenoxy) is 1. The van der Waals surface area contributed by atoms with Gasteiger partial charge in [0.1, 0.15) is 16.4 Å². The van der Waals surface area contributed by atoms with Crippen molar-refractivity contribution >= 4 is 60.5 Å². The number of halogens is 1. The third-order valence-electron chi connectivity index (χ3n) is 4.33. The smallest absolute Gasteiger partial charge is 0.267 e. The Morgan fingerprint density at radius 2 is 1.90 bits per heavy atom. The molecular formula is C20H16ClN3O5S2. The molecule has 4 aromatic rings. The summed E-state index contributed by atoms with van der Waals surface area (Å²) >= 11 is 7.63. The third-order valence-corrected chi connectivity index (χ3v) is 7.36. The van der Waals surface area contributed by atoms with E-state index in [1.54, 1.807) is 26.2 Å². The summed E-state index contributed by atoms with van der Waals surface area (Å²) in [6.07, 6.45) is 0. The zero-order valence-electron chi connectivity index (χ0n) is 16.3. The second-order valence-electron chi connectivity index (χ2n) is 6.51. The fraction of sp³-hybridized carbons (Fsp3) is 0.100. The van der Waals surface area contributed by atoms with Crippen LogP contribution >= 0.6 is 22.9 Å². The van der Waals surface area contributed by atoms with Gasteiger partial charge in [-0.2, -0.15) is 0 Å². The molecule has 0 radical (unpaired) electrons. The summed E-state index contributed by atoms with van der Waals surface area (Å²) in [4.78, 5) is 13.1. The Hall–Kier alpha value is -3.08. The van der Waals surface area contributed by atoms with Gasteiger partial charge in [0, 0.05) is 21.8 Å². The fourth-order valence-electron chi connectivity index (χ4n) is 2.83. The Labute approximate surface area is 186 Å². The molecule has 2 aromatic carbocycles. The van der Waals surface area contributed by atoms with Crippen LogP contribution in [-0.4, -0.2) is 26.6 Å². The molecule has 0 atom stereocenters. The van der Waals surface area contributed by atoms with Crippen LogP contribution in [0.15, 0.2) is 57.9 Å². The van der Waals surface area contributed by atoms with Gasteiger partial charge in [-0.25, -0.2) is 8.42 Å². The van der Waals surface area contributed by atoms with E-state index >= 15 is 0 Å². The average Bonchev–Trinajstić information content (AvgIpc) is 3.30. The second-order valence-corrected chi connectivity index (χ2v) is 9.63. The molecule has 0 aliphatic rings. The van der Waals surface area contributed by atoms with E-state index in [4.69, 9.17) is 20.9 Å². The molecule has 31 heavy (non-hydrogen) atoms. The Morgan fingerprint density at radius 1 is 1.16 bits per heavy atom. The van der Waals surface area contributed by atoms with E-state index in [-0.39, 0.29) is 10.7 Å². The number of nitrogens with zero attached hydrogens (tertiary/aromatic N) is 1. The Kier molecular flexibility index (Phi) is 5.61. The van der Waals surface area contributed by atoms with Crippen LogP contribution in [0.3, 0.4) is 0 Å². The molecule has 0 aliphatic carbocycles. The normalized spacial score (nSPS) is 11.5. The van der Waals surface area contributed by atoms with Gasteiger partial charge >= 0.3 is 0 Å². The molecule has 8 nitrogen and oxygen atoms in total. The molecule has 0 bridgehead atoms. The minimum Gasteiger partial charge on any atom is -0.497 e. The summed E-state index contributed by atoms with van der Waals surface area (Å²) in [6, 6.07) is 12.6. The number of rotatable bonds is 6. The van der Waals surface area contributed by atoms with Crippen molar-refractivity contribution in [2.24, 2.45) is 0 Å². The van der Waals surface area contributed by atoms with Gasteiger partial charge in [0.15, 0.2) is 5.82 Å². The van der Waals surface area contributed by atoms with Crippen LogP contribution in [-0.2, 0) is 10.0 Å². The van der Waals surface area contributed by atoms with Crippen LogP contribution in [0.4, 0.5) is 11.5 Å². The van der Waals surface area contributed by atoms with Gasteiger partial charge in [-0.1, -0.05) is 16.8 Å². The number of benzene rings is 2. The minimum absolute atomic E-state index is 0.0122. The summed E-state index contributed by atoms with van der Waals surface area (Å²) in [5.74, 6) is 0.848. The highest BCUT2D eigenvalue weighted by Gasteiger charge is 2.19. The molecular weight excluding hydrogens is 462 g/mol. The van der Waals surface area contributed by atoms with Crippen molar-refractivity contribution in [2.45, 2.75) is 11.8 Å². The van der Waals surface area contributed by atoms with Crippen molar-refractivity contribution in [1.29, 1.82) is 0 Å². The largest absolute Gasteiger partial charge is 0.497 e. The van der Waals surface area contributed by atoms with Crippen molar-refractivity contribution in [3.8, 4) is 5.75 Å². The lowest BCUT2D eigenvalue weighted by atomic mass is 10.2. The van der Waals surface area contributed by atoms with Crippen LogP contribution in [0.5, 0.6) is 5.75 Å². The highest BCUT2D eigenvalue weighted by atomic mass is 35.5. The van der Waals surface area contributed by atoms with Gasteiger partial charge in [0.2, 0.25) is 0 Å². The van der Waals surface area contributed by atoms with Gasteiger partial charge in [0.05, 0.1) is 17.0 Å². The van der Waals surface area contributed by atoms with Gasteiger partial charge < -0.3 is 14.6 Å². The standard InChI is InChI=1S/C20H16ClN3O5S2/c1-11-9-17(23-29-11)24-31(26,27)14-6-3-12(4-7-14)22-20(25)19-18(21)15-8-5-13(28-2)10-16(15)30-19/h3-10H,1-2H3,(H,22,25)(H,23,24). The quantitative estimate of drug-likeness (QED) is 0.408. The molecule has 0 fully saturated rings. The SMILES string of the molecule is COc1ccc2c(Cl)c(C(=O)Nc3ccc(S(=O)(=O)Nc4cc(C)on4)cc3)sc2c1. The maximum absolute atomic E-state index is 12.7. The maximum atomic E-state index is 12.7. The van der Waals surface area contributed by atoms with Crippen molar-refractivity contribution in [3.63, 3.8) is 0 Å². The Morgan fingerprint density at radius 3 is 2.55 bits per heavy atom. The summed E-state index contributed by atoms with van der Waals surface area (Å²) < 4.78 is 38.1. The zero-order chi connectivity index (χ0) is 22.2. The molecule has 4 rings (SSSR count). The minimum atomic E-state index is -3.84. The van der Waals surface area contributed by atoms with Gasteiger partial charge in [0.25, 0.3) is 15.9 Å². The highest BCUT2D eigenvalue weighted by molar-refractivity contribution is 7.92. The van der Waals surface area contributed by atoms with E-state index in [1.807, 2.05) is 6.07 Å². The van der Waals surface area contributed by atoms with Gasteiger partial charge in [-0.05, 0) is 49.4 Å². The fourth-order valence-corrected chi connectivity index (χ4v) is 5.26. The molecule has 0 unspecified atom stereocenters. The number of methoxy groups -OCH3 is 1. The summed E-state index contributed by atoms with van der Waals surface area (Å²) in [5, 5.41) is 7.46. The Bertz CT molecular complexity index is 1380. The van der Waals surface area contributed by atoms with Crippen LogP contribution in [0.25, 0.3) is 10.1 Å². The predicted molar refractivity (Wildman–Crippen MR) is 120 cm³/mol. The number of hydrogen-bond acceptors (Lipinski definition) is 7. The lowest BCUT2D eigenvalue weighted by Gasteiger charge is -2.07. The first-order chi connectivity index (χ1) is 14.8. The summed E-state index contributed by atoms with van der Waals surface area (Å²) in [5.41, 5.74) is 0.423. The lowest BCUT2D eigenvalue weighted by Crippen LogP contribution is -2.14. The predicted octanol–water partition coefficient (Wildman–Crippen LogP) is 4.91. The number of carbonyl (C=O) groups excluding carboxylic acids is 1. The molecule has 1 amide bonds. The highest BCUT2D eigenvalue weighted by Crippen LogP contribution is 2.37. The number of fused-ring (bicyclic) bond motifs is 1. The first-order valence-electron chi connectivity index (χ1n) is 8.90. The number of aromatic nitrogens is 1. The lowest BCUT2D eigenvalue weighted by molar-refractivity contribution is 0.103. The average molecular weight is 478 g/mol. The van der Waals surface area contributed by atoms with Crippen molar-refractivity contribution in [1.82, 2.24) is 5.16 Å². The number of amides is 1. The number of thiophene rings is 1. The van der Waals surface area contributed by atoms with Crippen LogP contribution < -0.4 is 14.8 Å². The number of hydrogen-bond donors (Lipinski definition) is 2. The molecule has 2 heterocycles. The van der Waals surface area contributed by atoms with Gasteiger partial charge in [-0.15, -0.1) is 11.3 Å². The van der Waals surface area contributed by atoms with Crippen LogP contribution in [0, 0.1) is 6.92 Å². The molecule has 2 N–H and O–H groups in total. The number of nitrogens with one attached hydrogen (secondary N) is 2. The first kappa shape index (κ1) is 21.2. The zero-order valence-corrected chi connectivity index (χ0v) is 18.7. The summed E-state index contributed by atoms with van der Waals surface area (Å²) in [7, 11) is -2.28. The number of carbonyl (C=O) groups is 1. The monoisotopic (exact) mass is 477 g/mol. The molecule has 160 valence electrons. The van der Waals surface area contributed by atoms with Crippen molar-refractivity contribution in [3.05, 3.63) is 64.2 Å². The molecule has 0 spiro atoms. The molecule has 0 saturated carbocycles. The number of sulfonamides is 1. The number of aryl methyl sites for hydroxylation is 1. The molecule has 11 heteroatoms. The Balaban J connectivity index is 1.52. The van der Waals surface area contributed by atoms with Gasteiger partial charge in [-0.3, -0.25) is 9.52 Å². The van der Waals surface area contributed by atoms with Crippen molar-refractivity contribution < 1.29 is 22.5 Å². The molecule has 0 saturated heterocycles. The van der Waals surface area contributed by atoms with E-state index in [0.29, 0.717) is 27.1 Å². The van der Waals surface area contributed by atoms with E-state index in [9.17, 15) is 13.2 Å². The number of anilines is 2. The van der Waals surface area contributed by atoms with E-state index in [2.05, 4.69) is 15.2 Å². The molecule has 0 aliphatic heterocycles. The maximum Gasteiger partial charge on any atom is 0.267 e. The topological polar surface area (TPSA) is 111 Å². The van der Waals surface area contributed by atoms with Crippen LogP contribution in [0.2, 0.25) is 5.02 Å². The van der Waals surface area contributed by atoms with Crippen LogP contribution in [0.1, 0.15) is 15.4 Å². The summed E-state index contributed by atoms with van der Waals surface area (Å²) in [6.45, 7) is 1.65. The van der Waals surface area contributed by atoms with Crippen molar-refractivity contribution in [2.75, 3.05) is 17.1 Å².